The summed E-state index contributed by atoms with van der Waals surface area (Å²) in [6.07, 6.45) is 2.53. The van der Waals surface area contributed by atoms with Gasteiger partial charge in [-0.15, -0.1) is 0 Å². The topological polar surface area (TPSA) is 30.5 Å². The molecule has 0 saturated carbocycles. The average molecular weight is 330 g/mol. The second-order valence-electron chi connectivity index (χ2n) is 4.81. The maximum absolute atomic E-state index is 5.77. The minimum atomic E-state index is 0.124. The minimum absolute atomic E-state index is 0.124. The van der Waals surface area contributed by atoms with Gasteiger partial charge in [0.2, 0.25) is 0 Å². The molecule has 1 N–H and O–H groups in total. The van der Waals surface area contributed by atoms with Crippen LogP contribution in [0.1, 0.15) is 39.2 Å². The molecule has 0 fully saturated rings. The Bertz CT molecular complexity index is 394. The third-order valence-electron chi connectivity index (χ3n) is 2.68. The van der Waals surface area contributed by atoms with Gasteiger partial charge in [-0.2, -0.15) is 0 Å². The number of unbranched alkanes of at least 4 members (excludes halogenated alkanes) is 1. The van der Waals surface area contributed by atoms with Gasteiger partial charge in [-0.3, -0.25) is 0 Å². The summed E-state index contributed by atoms with van der Waals surface area (Å²) in [6.45, 7) is 8.09. The Morgan fingerprint density at radius 3 is 2.63 bits per heavy atom. The number of rotatable bonds is 8. The zero-order chi connectivity index (χ0) is 14.3. The highest BCUT2D eigenvalue weighted by Gasteiger charge is 2.12. The van der Waals surface area contributed by atoms with Crippen molar-refractivity contribution in [3.05, 3.63) is 22.2 Å². The number of benzene rings is 1. The molecule has 0 aliphatic rings. The number of nitrogens with one attached hydrogen (secondary N) is 1. The van der Waals surface area contributed by atoms with Gasteiger partial charge in [0.1, 0.15) is 0 Å². The molecule has 3 nitrogen and oxygen atoms in total. The van der Waals surface area contributed by atoms with E-state index in [-0.39, 0.29) is 6.10 Å². The van der Waals surface area contributed by atoms with Gasteiger partial charge in [0.15, 0.2) is 11.5 Å². The lowest BCUT2D eigenvalue weighted by molar-refractivity contribution is 0.228. The van der Waals surface area contributed by atoms with E-state index in [0.717, 1.165) is 29.1 Å². The molecular formula is C15H24BrNO2. The van der Waals surface area contributed by atoms with Crippen LogP contribution in [0.3, 0.4) is 0 Å². The smallest absolute Gasteiger partial charge is 0.175 e. The zero-order valence-corrected chi connectivity index (χ0v) is 13.8. The van der Waals surface area contributed by atoms with Crippen molar-refractivity contribution in [3.8, 4) is 11.5 Å². The van der Waals surface area contributed by atoms with Crippen LogP contribution in [0.15, 0.2) is 16.6 Å². The molecule has 0 radical (unpaired) electrons. The van der Waals surface area contributed by atoms with Gasteiger partial charge in [0.25, 0.3) is 0 Å². The van der Waals surface area contributed by atoms with Crippen molar-refractivity contribution in [2.24, 2.45) is 0 Å². The Morgan fingerprint density at radius 1 is 1.32 bits per heavy atom. The lowest BCUT2D eigenvalue weighted by Crippen LogP contribution is -2.15. The van der Waals surface area contributed by atoms with Crippen molar-refractivity contribution in [1.82, 2.24) is 5.32 Å². The van der Waals surface area contributed by atoms with E-state index in [2.05, 4.69) is 34.2 Å². The van der Waals surface area contributed by atoms with Crippen LogP contribution >= 0.6 is 15.9 Å². The van der Waals surface area contributed by atoms with Crippen LogP contribution in [0.5, 0.6) is 11.5 Å². The number of halogens is 1. The molecule has 0 atom stereocenters. The van der Waals surface area contributed by atoms with Crippen LogP contribution in [0.2, 0.25) is 0 Å². The molecule has 19 heavy (non-hydrogen) atoms. The molecule has 0 heterocycles. The van der Waals surface area contributed by atoms with Crippen LogP contribution in [0.25, 0.3) is 0 Å². The standard InChI is InChI=1S/C15H24BrNO2/c1-5-6-7-17-10-12-8-13(16)15(19-11(2)3)14(9-12)18-4/h8-9,11,17H,5-7,10H2,1-4H3. The molecule has 0 amide bonds. The highest BCUT2D eigenvalue weighted by molar-refractivity contribution is 9.10. The molecule has 0 aliphatic carbocycles. The van der Waals surface area contributed by atoms with Crippen molar-refractivity contribution in [2.75, 3.05) is 13.7 Å². The third kappa shape index (κ3) is 5.41. The van der Waals surface area contributed by atoms with Crippen LogP contribution in [0, 0.1) is 0 Å². The first-order valence-electron chi connectivity index (χ1n) is 6.82. The summed E-state index contributed by atoms with van der Waals surface area (Å²) < 4.78 is 12.1. The molecule has 0 aromatic heterocycles. The quantitative estimate of drug-likeness (QED) is 0.727. The Morgan fingerprint density at radius 2 is 2.05 bits per heavy atom. The first-order valence-corrected chi connectivity index (χ1v) is 7.61. The van der Waals surface area contributed by atoms with E-state index in [4.69, 9.17) is 9.47 Å². The molecule has 4 heteroatoms. The van der Waals surface area contributed by atoms with Crippen molar-refractivity contribution < 1.29 is 9.47 Å². The average Bonchev–Trinajstić information content (AvgIpc) is 2.37. The van der Waals surface area contributed by atoms with Gasteiger partial charge in [0, 0.05) is 6.54 Å². The Balaban J connectivity index is 2.77. The van der Waals surface area contributed by atoms with Crippen molar-refractivity contribution in [1.29, 1.82) is 0 Å². The van der Waals surface area contributed by atoms with Crippen LogP contribution in [-0.4, -0.2) is 19.8 Å². The van der Waals surface area contributed by atoms with E-state index in [0.29, 0.717) is 0 Å². The van der Waals surface area contributed by atoms with Crippen LogP contribution in [0.4, 0.5) is 0 Å². The number of ether oxygens (including phenoxy) is 2. The summed E-state index contributed by atoms with van der Waals surface area (Å²) in [5, 5.41) is 3.42. The molecular weight excluding hydrogens is 306 g/mol. The normalized spacial score (nSPS) is 10.8. The maximum Gasteiger partial charge on any atom is 0.175 e. The monoisotopic (exact) mass is 329 g/mol. The summed E-state index contributed by atoms with van der Waals surface area (Å²) in [5.41, 5.74) is 1.19. The van der Waals surface area contributed by atoms with Crippen molar-refractivity contribution >= 4 is 15.9 Å². The molecule has 0 unspecified atom stereocenters. The van der Waals surface area contributed by atoms with Gasteiger partial charge in [-0.25, -0.2) is 0 Å². The van der Waals surface area contributed by atoms with Crippen LogP contribution < -0.4 is 14.8 Å². The van der Waals surface area contributed by atoms with E-state index in [9.17, 15) is 0 Å². The van der Waals surface area contributed by atoms with E-state index in [1.807, 2.05) is 19.9 Å². The SMILES string of the molecule is CCCCNCc1cc(Br)c(OC(C)C)c(OC)c1. The van der Waals surface area contributed by atoms with Gasteiger partial charge in [-0.05, 0) is 60.4 Å². The summed E-state index contributed by atoms with van der Waals surface area (Å²) >= 11 is 3.56. The van der Waals surface area contributed by atoms with Crippen molar-refractivity contribution in [2.45, 2.75) is 46.3 Å². The Labute approximate surface area is 124 Å². The van der Waals surface area contributed by atoms with Gasteiger partial charge in [0.05, 0.1) is 17.7 Å². The lowest BCUT2D eigenvalue weighted by atomic mass is 10.2. The molecule has 1 rings (SSSR count). The fourth-order valence-corrected chi connectivity index (χ4v) is 2.34. The molecule has 0 spiro atoms. The largest absolute Gasteiger partial charge is 0.493 e. The highest BCUT2D eigenvalue weighted by atomic mass is 79.9. The van der Waals surface area contributed by atoms with Gasteiger partial charge < -0.3 is 14.8 Å². The number of methoxy groups -OCH3 is 1. The summed E-state index contributed by atoms with van der Waals surface area (Å²) in [5.74, 6) is 1.55. The predicted molar refractivity (Wildman–Crippen MR) is 83.1 cm³/mol. The second-order valence-corrected chi connectivity index (χ2v) is 5.66. The zero-order valence-electron chi connectivity index (χ0n) is 12.3. The summed E-state index contributed by atoms with van der Waals surface area (Å²) in [7, 11) is 1.67. The summed E-state index contributed by atoms with van der Waals surface area (Å²) in [6, 6.07) is 4.11. The van der Waals surface area contributed by atoms with Crippen molar-refractivity contribution in [3.63, 3.8) is 0 Å². The maximum atomic E-state index is 5.77. The summed E-state index contributed by atoms with van der Waals surface area (Å²) in [4.78, 5) is 0. The van der Waals surface area contributed by atoms with E-state index >= 15 is 0 Å². The molecule has 1 aromatic carbocycles. The highest BCUT2D eigenvalue weighted by Crippen LogP contribution is 2.37. The number of hydrogen-bond donors (Lipinski definition) is 1. The second kappa shape index (κ2) is 8.43. The van der Waals surface area contributed by atoms with E-state index < -0.39 is 0 Å². The molecule has 0 saturated heterocycles. The lowest BCUT2D eigenvalue weighted by Gasteiger charge is -2.16. The molecule has 0 aliphatic heterocycles. The number of hydrogen-bond acceptors (Lipinski definition) is 3. The first kappa shape index (κ1) is 16.3. The van der Waals surface area contributed by atoms with E-state index in [1.165, 1.54) is 18.4 Å². The van der Waals surface area contributed by atoms with Gasteiger partial charge >= 0.3 is 0 Å². The fourth-order valence-electron chi connectivity index (χ4n) is 1.76. The first-order chi connectivity index (χ1) is 9.08. The Kier molecular flexibility index (Phi) is 7.24. The third-order valence-corrected chi connectivity index (χ3v) is 3.27. The van der Waals surface area contributed by atoms with Gasteiger partial charge in [-0.1, -0.05) is 13.3 Å². The predicted octanol–water partition coefficient (Wildman–Crippen LogP) is 4.13. The Hall–Kier alpha value is -0.740. The van der Waals surface area contributed by atoms with Crippen LogP contribution in [-0.2, 0) is 6.54 Å². The molecule has 108 valence electrons. The minimum Gasteiger partial charge on any atom is -0.493 e. The fraction of sp³-hybridized carbons (Fsp3) is 0.600. The van der Waals surface area contributed by atoms with E-state index in [1.54, 1.807) is 7.11 Å². The molecule has 0 bridgehead atoms. The molecule has 1 aromatic rings.